The minimum atomic E-state index is -0.890. The van der Waals surface area contributed by atoms with Crippen LogP contribution in [0.1, 0.15) is 18.2 Å². The van der Waals surface area contributed by atoms with E-state index in [1.54, 1.807) is 18.3 Å². The summed E-state index contributed by atoms with van der Waals surface area (Å²) in [4.78, 5) is 11.6. The molecule has 1 rings (SSSR count). The molecule has 0 aliphatic heterocycles. The molecule has 1 N–H and O–H groups in total. The van der Waals surface area contributed by atoms with Crippen molar-refractivity contribution in [2.24, 2.45) is 0 Å². The summed E-state index contributed by atoms with van der Waals surface area (Å²) >= 11 is 1.57. The van der Waals surface area contributed by atoms with Crippen LogP contribution >= 0.6 is 11.3 Å². The summed E-state index contributed by atoms with van der Waals surface area (Å²) in [5, 5.41) is 10.6. The molecule has 1 aromatic heterocycles. The Kier molecular flexibility index (Phi) is 3.92. The van der Waals surface area contributed by atoms with Gasteiger partial charge in [0.2, 0.25) is 0 Å². The van der Waals surface area contributed by atoms with E-state index in [0.717, 1.165) is 4.88 Å². The van der Waals surface area contributed by atoms with Gasteiger partial charge in [-0.3, -0.25) is 0 Å². The Morgan fingerprint density at radius 2 is 2.54 bits per heavy atom. The normalized spacial score (nSPS) is 12.7. The van der Waals surface area contributed by atoms with Crippen molar-refractivity contribution >= 4 is 17.3 Å². The van der Waals surface area contributed by atoms with Gasteiger partial charge in [-0.2, -0.15) is 0 Å². The van der Waals surface area contributed by atoms with Crippen LogP contribution < -0.4 is 0 Å². The molecule has 1 atom stereocenters. The van der Waals surface area contributed by atoms with Crippen molar-refractivity contribution in [2.45, 2.75) is 26.1 Å². The van der Waals surface area contributed by atoms with Crippen LogP contribution in [0.15, 0.2) is 17.5 Å². The van der Waals surface area contributed by atoms with Crippen molar-refractivity contribution in [1.82, 2.24) is 0 Å². The lowest BCUT2D eigenvalue weighted by molar-refractivity contribution is -0.151. The van der Waals surface area contributed by atoms with Crippen molar-refractivity contribution in [1.29, 1.82) is 0 Å². The number of hydrogen-bond acceptors (Lipinski definition) is 3. The standard InChI is InChI=1S/C9H12O3S/c1-2-8(9(10)11)12-6-7-4-3-5-13-7/h3-5,8H,2,6H2,1H3,(H,10,11). The first-order valence-electron chi connectivity index (χ1n) is 4.10. The lowest BCUT2D eigenvalue weighted by Gasteiger charge is -2.09. The molecule has 0 fully saturated rings. The van der Waals surface area contributed by atoms with Gasteiger partial charge < -0.3 is 9.84 Å². The Hall–Kier alpha value is -0.870. The summed E-state index contributed by atoms with van der Waals surface area (Å²) < 4.78 is 5.21. The molecule has 1 heterocycles. The first-order valence-corrected chi connectivity index (χ1v) is 4.98. The maximum absolute atomic E-state index is 10.6. The quantitative estimate of drug-likeness (QED) is 0.792. The summed E-state index contributed by atoms with van der Waals surface area (Å²) in [6.45, 7) is 2.19. The SMILES string of the molecule is CCC(OCc1cccs1)C(=O)O. The zero-order valence-electron chi connectivity index (χ0n) is 7.40. The van der Waals surface area contributed by atoms with Crippen LogP contribution in [-0.4, -0.2) is 17.2 Å². The van der Waals surface area contributed by atoms with E-state index in [1.165, 1.54) is 0 Å². The fourth-order valence-electron chi connectivity index (χ4n) is 0.941. The van der Waals surface area contributed by atoms with Gasteiger partial charge in [-0.25, -0.2) is 4.79 Å². The molecule has 0 bridgehead atoms. The topological polar surface area (TPSA) is 46.5 Å². The van der Waals surface area contributed by atoms with Gasteiger partial charge >= 0.3 is 5.97 Å². The maximum atomic E-state index is 10.6. The van der Waals surface area contributed by atoms with E-state index < -0.39 is 12.1 Å². The van der Waals surface area contributed by atoms with Crippen molar-refractivity contribution in [3.8, 4) is 0 Å². The monoisotopic (exact) mass is 200 g/mol. The molecule has 0 amide bonds. The van der Waals surface area contributed by atoms with Gasteiger partial charge in [0.25, 0.3) is 0 Å². The first-order chi connectivity index (χ1) is 6.24. The van der Waals surface area contributed by atoms with E-state index in [-0.39, 0.29) is 0 Å². The molecule has 0 spiro atoms. The zero-order valence-corrected chi connectivity index (χ0v) is 8.21. The number of carboxylic acids is 1. The second-order valence-electron chi connectivity index (χ2n) is 2.63. The van der Waals surface area contributed by atoms with E-state index in [9.17, 15) is 4.79 Å². The summed E-state index contributed by atoms with van der Waals surface area (Å²) in [6, 6.07) is 3.85. The van der Waals surface area contributed by atoms with Crippen LogP contribution in [0.4, 0.5) is 0 Å². The molecule has 1 unspecified atom stereocenters. The number of hydrogen-bond donors (Lipinski definition) is 1. The Bertz CT molecular complexity index is 256. The van der Waals surface area contributed by atoms with Crippen molar-refractivity contribution < 1.29 is 14.6 Å². The number of carboxylic acid groups (broad SMARTS) is 1. The summed E-state index contributed by atoms with van der Waals surface area (Å²) in [5.41, 5.74) is 0. The number of rotatable bonds is 5. The average Bonchev–Trinajstić information content (AvgIpc) is 2.57. The molecular weight excluding hydrogens is 188 g/mol. The van der Waals surface area contributed by atoms with Gasteiger partial charge in [-0.1, -0.05) is 13.0 Å². The van der Waals surface area contributed by atoms with E-state index >= 15 is 0 Å². The third-order valence-corrected chi connectivity index (χ3v) is 2.50. The highest BCUT2D eigenvalue weighted by molar-refractivity contribution is 7.09. The molecule has 0 aliphatic carbocycles. The minimum Gasteiger partial charge on any atom is -0.479 e. The predicted molar refractivity (Wildman–Crippen MR) is 50.8 cm³/mol. The van der Waals surface area contributed by atoms with E-state index in [0.29, 0.717) is 13.0 Å². The molecule has 4 heteroatoms. The Morgan fingerprint density at radius 3 is 3.00 bits per heavy atom. The van der Waals surface area contributed by atoms with Crippen LogP contribution in [0.5, 0.6) is 0 Å². The first kappa shape index (κ1) is 10.2. The summed E-state index contributed by atoms with van der Waals surface area (Å²) in [6.07, 6.45) is -0.178. The highest BCUT2D eigenvalue weighted by Gasteiger charge is 2.14. The molecule has 0 radical (unpaired) electrons. The molecule has 13 heavy (non-hydrogen) atoms. The molecule has 0 saturated heterocycles. The summed E-state index contributed by atoms with van der Waals surface area (Å²) in [5.74, 6) is -0.890. The van der Waals surface area contributed by atoms with Gasteiger partial charge in [0.1, 0.15) is 0 Å². The molecular formula is C9H12O3S. The van der Waals surface area contributed by atoms with Crippen LogP contribution in [0.3, 0.4) is 0 Å². The van der Waals surface area contributed by atoms with Gasteiger partial charge in [0.15, 0.2) is 6.10 Å². The molecule has 0 aromatic carbocycles. The van der Waals surface area contributed by atoms with E-state index in [4.69, 9.17) is 9.84 Å². The Morgan fingerprint density at radius 1 is 1.77 bits per heavy atom. The smallest absolute Gasteiger partial charge is 0.332 e. The highest BCUT2D eigenvalue weighted by atomic mass is 32.1. The lowest BCUT2D eigenvalue weighted by Crippen LogP contribution is -2.22. The predicted octanol–water partition coefficient (Wildman–Crippen LogP) is 2.13. The fourth-order valence-corrected chi connectivity index (χ4v) is 1.57. The van der Waals surface area contributed by atoms with Crippen LogP contribution in [-0.2, 0) is 16.1 Å². The number of thiophene rings is 1. The van der Waals surface area contributed by atoms with Crippen LogP contribution in [0, 0.1) is 0 Å². The van der Waals surface area contributed by atoms with E-state index in [1.807, 2.05) is 17.5 Å². The van der Waals surface area contributed by atoms with Crippen molar-refractivity contribution in [3.63, 3.8) is 0 Å². The van der Waals surface area contributed by atoms with Crippen molar-refractivity contribution in [2.75, 3.05) is 0 Å². The largest absolute Gasteiger partial charge is 0.479 e. The van der Waals surface area contributed by atoms with Gasteiger partial charge in [0, 0.05) is 4.88 Å². The number of ether oxygens (including phenoxy) is 1. The summed E-state index contributed by atoms with van der Waals surface area (Å²) in [7, 11) is 0. The maximum Gasteiger partial charge on any atom is 0.332 e. The Labute approximate surface area is 81.0 Å². The van der Waals surface area contributed by atoms with Gasteiger partial charge in [0.05, 0.1) is 6.61 Å². The van der Waals surface area contributed by atoms with Crippen LogP contribution in [0.25, 0.3) is 0 Å². The van der Waals surface area contributed by atoms with Gasteiger partial charge in [-0.05, 0) is 17.9 Å². The Balaban J connectivity index is 2.36. The van der Waals surface area contributed by atoms with E-state index in [2.05, 4.69) is 0 Å². The third kappa shape index (κ3) is 3.16. The fraction of sp³-hybridized carbons (Fsp3) is 0.444. The minimum absolute atomic E-state index is 0.391. The zero-order chi connectivity index (χ0) is 9.68. The molecule has 3 nitrogen and oxygen atoms in total. The highest BCUT2D eigenvalue weighted by Crippen LogP contribution is 2.11. The second-order valence-corrected chi connectivity index (χ2v) is 3.66. The average molecular weight is 200 g/mol. The number of aliphatic carboxylic acids is 1. The third-order valence-electron chi connectivity index (χ3n) is 1.65. The number of carbonyl (C=O) groups is 1. The van der Waals surface area contributed by atoms with Crippen LogP contribution in [0.2, 0.25) is 0 Å². The van der Waals surface area contributed by atoms with Gasteiger partial charge in [-0.15, -0.1) is 11.3 Å². The molecule has 1 aromatic rings. The molecule has 72 valence electrons. The second kappa shape index (κ2) is 4.99. The molecule has 0 saturated carbocycles. The van der Waals surface area contributed by atoms with Crippen molar-refractivity contribution in [3.05, 3.63) is 22.4 Å². The lowest BCUT2D eigenvalue weighted by atomic mass is 10.3. The molecule has 0 aliphatic rings.